The lowest BCUT2D eigenvalue weighted by Gasteiger charge is -2.98. The van der Waals surface area contributed by atoms with Gasteiger partial charge in [-0.2, -0.15) is 0 Å². The van der Waals surface area contributed by atoms with E-state index in [2.05, 4.69) is 125 Å². The van der Waals surface area contributed by atoms with Crippen LogP contribution in [0.5, 0.6) is 0 Å². The third-order valence-electron chi connectivity index (χ3n) is 19.5. The zero-order valence-corrected chi connectivity index (χ0v) is 25.0. The summed E-state index contributed by atoms with van der Waals surface area (Å²) < 4.78 is 0. The van der Waals surface area contributed by atoms with Gasteiger partial charge in [0.1, 0.15) is 0 Å². The molecule has 9 atom stereocenters. The van der Waals surface area contributed by atoms with Gasteiger partial charge in [-0.15, -0.1) is 0 Å². The van der Waals surface area contributed by atoms with E-state index in [1.54, 1.807) is 0 Å². The van der Waals surface area contributed by atoms with Crippen LogP contribution in [0.15, 0.2) is 0 Å². The highest BCUT2D eigenvalue weighted by molar-refractivity contribution is 5.70. The van der Waals surface area contributed by atoms with E-state index in [9.17, 15) is 0 Å². The number of rotatable bonds is 0. The first kappa shape index (κ1) is 22.5. The average Bonchev–Trinajstić information content (AvgIpc) is 2.92. The Morgan fingerprint density at radius 1 is 0.312 bits per heavy atom. The number of hydrogen-bond donors (Lipinski definition) is 0. The van der Waals surface area contributed by atoms with Crippen molar-refractivity contribution in [3.05, 3.63) is 0 Å². The van der Waals surface area contributed by atoms with Crippen LogP contribution < -0.4 is 0 Å². The van der Waals surface area contributed by atoms with Crippen molar-refractivity contribution < 1.29 is 0 Å². The second-order valence-corrected chi connectivity index (χ2v) is 18.1. The van der Waals surface area contributed by atoms with Crippen LogP contribution in [0.3, 0.4) is 0 Å². The van der Waals surface area contributed by atoms with Gasteiger partial charge in [0.05, 0.1) is 0 Å². The van der Waals surface area contributed by atoms with Gasteiger partial charge in [0.2, 0.25) is 0 Å². The molecule has 0 aromatic heterocycles. The van der Waals surface area contributed by atoms with E-state index in [1.807, 2.05) is 0 Å². The molecule has 0 saturated heterocycles. The molecule has 0 N–H and O–H groups in total. The molecule has 0 amide bonds. The maximum absolute atomic E-state index is 2.86. The highest BCUT2D eigenvalue weighted by atomic mass is 15.3. The molecule has 0 aromatic rings. The molecule has 32 heavy (non-hydrogen) atoms. The molecule has 4 bridgehead atoms. The summed E-state index contributed by atoms with van der Waals surface area (Å²) in [6.45, 7) is 49.0. The first-order valence-electron chi connectivity index (χ1n) is 13.8. The lowest BCUT2D eigenvalue weighted by atomic mass is 9.05. The molecule has 0 nitrogen and oxygen atoms in total. The summed E-state index contributed by atoms with van der Waals surface area (Å²) in [4.78, 5) is 0. The van der Waals surface area contributed by atoms with E-state index >= 15 is 0 Å². The first-order chi connectivity index (χ1) is 13.8. The number of hydrogen-bond acceptors (Lipinski definition) is 0. The third kappa shape index (κ3) is 0.863. The molecule has 182 valence electrons. The van der Waals surface area contributed by atoms with Crippen molar-refractivity contribution in [2.45, 2.75) is 125 Å². The normalized spacial score (nSPS) is 69.2. The molecule has 7 aliphatic rings. The lowest BCUT2D eigenvalue weighted by Crippen LogP contribution is -2.94. The Kier molecular flexibility index (Phi) is 2.78. The van der Waals surface area contributed by atoms with E-state index in [0.29, 0.717) is 65.0 Å². The third-order valence-corrected chi connectivity index (χ3v) is 19.5. The van der Waals surface area contributed by atoms with Gasteiger partial charge in [-0.05, 0) is 75.8 Å². The van der Waals surface area contributed by atoms with Gasteiger partial charge in [-0.1, -0.05) is 125 Å². The molecule has 0 heterocycles. The summed E-state index contributed by atoms with van der Waals surface area (Å²) in [6.07, 6.45) is 0. The summed E-state index contributed by atoms with van der Waals surface area (Å²) in [6, 6.07) is 0. The topological polar surface area (TPSA) is 0 Å². The Morgan fingerprint density at radius 2 is 0.625 bits per heavy atom. The average molecular weight is 439 g/mol. The van der Waals surface area contributed by atoms with E-state index in [0.717, 1.165) is 0 Å². The van der Waals surface area contributed by atoms with Crippen LogP contribution in [0, 0.1) is 75.8 Å². The monoisotopic (exact) mass is 438 g/mol. The van der Waals surface area contributed by atoms with Gasteiger partial charge in [0.25, 0.3) is 0 Å². The fourth-order valence-electron chi connectivity index (χ4n) is 18.7. The maximum Gasteiger partial charge on any atom is -0.00378 e. The Morgan fingerprint density at radius 3 is 1.00 bits per heavy atom. The highest BCUT2D eigenvalue weighted by Crippen LogP contribution is 3.28. The Labute approximate surface area is 200 Å². The summed E-state index contributed by atoms with van der Waals surface area (Å²) in [5.74, 6) is 0. The van der Waals surface area contributed by atoms with Crippen LogP contribution >= 0.6 is 0 Å². The molecule has 7 aliphatic carbocycles. The smallest absolute Gasteiger partial charge is 0.00378 e. The summed E-state index contributed by atoms with van der Waals surface area (Å²) in [5.41, 5.74) is 4.46. The van der Waals surface area contributed by atoms with Crippen LogP contribution in [0.25, 0.3) is 0 Å². The molecule has 7 rings (SSSR count). The lowest BCUT2D eigenvalue weighted by molar-refractivity contribution is -0.519. The van der Waals surface area contributed by atoms with Gasteiger partial charge in [-0.3, -0.25) is 0 Å². The van der Waals surface area contributed by atoms with Crippen molar-refractivity contribution in [1.29, 1.82) is 0 Å². The molecule has 0 aromatic carbocycles. The van der Waals surface area contributed by atoms with E-state index in [4.69, 9.17) is 0 Å². The SMILES string of the molecule is CC(C)(C)C1(C)C2(C)C(C)(C)C3(C)C4(C)C(C)(C)C5(C)C6(C)C(C)(C)C(C)(C)C64C1(C)C253. The van der Waals surface area contributed by atoms with Crippen molar-refractivity contribution in [3.8, 4) is 0 Å². The van der Waals surface area contributed by atoms with Gasteiger partial charge < -0.3 is 0 Å². The highest BCUT2D eigenvalue weighted by Gasteiger charge is 3.25. The predicted octanol–water partition coefficient (Wildman–Crippen LogP) is 9.24. The zero-order valence-electron chi connectivity index (χ0n) is 25.0. The largest absolute Gasteiger partial charge is 0.0596 e. The van der Waals surface area contributed by atoms with Gasteiger partial charge in [0, 0.05) is 0 Å². The molecule has 0 radical (unpaired) electrons. The maximum atomic E-state index is 2.86. The molecule has 7 fully saturated rings. The van der Waals surface area contributed by atoms with Crippen LogP contribution in [0.4, 0.5) is 0 Å². The van der Waals surface area contributed by atoms with Gasteiger partial charge in [-0.25, -0.2) is 0 Å². The van der Waals surface area contributed by atoms with Crippen molar-refractivity contribution in [1.82, 2.24) is 0 Å². The molecular weight excluding hydrogens is 384 g/mol. The van der Waals surface area contributed by atoms with Crippen LogP contribution in [0.1, 0.15) is 125 Å². The Hall–Kier alpha value is 0. The van der Waals surface area contributed by atoms with E-state index < -0.39 is 0 Å². The molecule has 7 saturated carbocycles. The van der Waals surface area contributed by atoms with Gasteiger partial charge in [0.15, 0.2) is 0 Å². The first-order valence-corrected chi connectivity index (χ1v) is 13.8. The minimum atomic E-state index is 0.264. The summed E-state index contributed by atoms with van der Waals surface area (Å²) in [7, 11) is 0. The minimum absolute atomic E-state index is 0.264. The minimum Gasteiger partial charge on any atom is -0.0596 e. The fourth-order valence-corrected chi connectivity index (χ4v) is 18.7. The zero-order chi connectivity index (χ0) is 25.0. The molecule has 0 aliphatic heterocycles. The van der Waals surface area contributed by atoms with Crippen LogP contribution in [-0.4, -0.2) is 0 Å². The van der Waals surface area contributed by atoms with E-state index in [-0.39, 0.29) is 10.8 Å². The Bertz CT molecular complexity index is 1050. The Balaban J connectivity index is 1.94. The van der Waals surface area contributed by atoms with Crippen molar-refractivity contribution in [2.75, 3.05) is 0 Å². The quantitative estimate of drug-likeness (QED) is 0.353. The fraction of sp³-hybridized carbons (Fsp3) is 1.00. The summed E-state index contributed by atoms with van der Waals surface area (Å²) >= 11 is 0. The molecular formula is C32H54. The molecule has 0 heteroatoms. The second-order valence-electron chi connectivity index (χ2n) is 18.1. The summed E-state index contributed by atoms with van der Waals surface area (Å²) in [5, 5.41) is 0. The molecule has 9 unspecified atom stereocenters. The predicted molar refractivity (Wildman–Crippen MR) is 136 cm³/mol. The van der Waals surface area contributed by atoms with Crippen molar-refractivity contribution >= 4 is 0 Å². The standard InChI is InChI=1S/C32H54/c1-19(2,3)24(12)26(14)22(8,9)29(17)27(15)23(10,11)28(16)25(13)20(4,5)21(6,7)31(25,27)30(24,18)32(26,28)29/h1-18H3. The van der Waals surface area contributed by atoms with Crippen molar-refractivity contribution in [3.63, 3.8) is 0 Å². The van der Waals surface area contributed by atoms with Crippen LogP contribution in [-0.2, 0) is 0 Å². The van der Waals surface area contributed by atoms with Crippen LogP contribution in [0.2, 0.25) is 0 Å². The second kappa shape index (κ2) is 3.95. The van der Waals surface area contributed by atoms with E-state index in [1.165, 1.54) is 0 Å². The van der Waals surface area contributed by atoms with Gasteiger partial charge >= 0.3 is 0 Å². The van der Waals surface area contributed by atoms with Crippen molar-refractivity contribution in [2.24, 2.45) is 75.8 Å². The molecule has 2 spiro atoms.